The molecule has 0 atom stereocenters. The summed E-state index contributed by atoms with van der Waals surface area (Å²) in [4.78, 5) is 75.5. The van der Waals surface area contributed by atoms with Crippen LogP contribution in [0.3, 0.4) is 0 Å². The van der Waals surface area contributed by atoms with Gasteiger partial charge in [-0.25, -0.2) is 28.8 Å². The first kappa shape index (κ1) is 40.5. The van der Waals surface area contributed by atoms with Gasteiger partial charge in [-0.05, 0) is 120 Å². The van der Waals surface area contributed by atoms with E-state index in [1.54, 1.807) is 48.5 Å². The Morgan fingerprint density at radius 3 is 0.778 bits per heavy atom. The Balaban J connectivity index is 1.76. The molecule has 0 radical (unpaired) electrons. The van der Waals surface area contributed by atoms with Gasteiger partial charge in [-0.15, -0.1) is 0 Å². The Morgan fingerprint density at radius 2 is 0.556 bits per heavy atom. The zero-order chi connectivity index (χ0) is 39.4. The van der Waals surface area contributed by atoms with E-state index in [0.717, 1.165) is 33.4 Å². The Labute approximate surface area is 313 Å². The molecule has 0 saturated carbocycles. The number of benzene rings is 4. The van der Waals surface area contributed by atoms with Crippen molar-refractivity contribution in [1.82, 2.24) is 0 Å². The Kier molecular flexibility index (Phi) is 14.2. The smallest absolute Gasteiger partial charge is 0.338 e. The summed E-state index contributed by atoms with van der Waals surface area (Å²) in [5, 5.41) is 0. The van der Waals surface area contributed by atoms with Gasteiger partial charge in [0.25, 0.3) is 0 Å². The monoisotopic (exact) mass is 738 g/mol. The summed E-state index contributed by atoms with van der Waals surface area (Å²) in [5.74, 6) is -3.72. The van der Waals surface area contributed by atoms with E-state index in [2.05, 4.69) is 0 Å². The van der Waals surface area contributed by atoms with Gasteiger partial charge in [-0.3, -0.25) is 0 Å². The number of aryl methyl sites for hydroxylation is 6. The quantitative estimate of drug-likeness (QED) is 0.107. The summed E-state index contributed by atoms with van der Waals surface area (Å²) in [6, 6.07) is 20.5. The van der Waals surface area contributed by atoms with Crippen molar-refractivity contribution in [1.29, 1.82) is 0 Å². The zero-order valence-electron chi connectivity index (χ0n) is 31.1. The molecule has 0 aliphatic rings. The molecule has 0 aromatic heterocycles. The van der Waals surface area contributed by atoms with Crippen LogP contribution in [0.5, 0.6) is 0 Å². The van der Waals surface area contributed by atoms with Crippen molar-refractivity contribution >= 4 is 35.8 Å². The topological polar surface area (TPSA) is 158 Å². The van der Waals surface area contributed by atoms with Crippen LogP contribution >= 0.6 is 0 Å². The molecule has 54 heavy (non-hydrogen) atoms. The molecule has 0 saturated heterocycles. The Hall–Kier alpha value is -6.30. The van der Waals surface area contributed by atoms with Gasteiger partial charge < -0.3 is 28.4 Å². The normalized spacial score (nSPS) is 10.6. The van der Waals surface area contributed by atoms with Crippen LogP contribution < -0.4 is 0 Å². The highest BCUT2D eigenvalue weighted by molar-refractivity contribution is 6.04. The molecule has 4 aromatic rings. The standard InChI is InChI=1S/C42H42O12/c1-49-37(43)27-13-7-25(8-14-27)11-17-29-21-33(39(45)51-3)35(41(47)53-5)23-31(29)19-20-32-24-36(42(48)54-6)34(40(46)52-4)22-30(32)18-12-26-9-15-28(16-10-26)38(44)50-2/h7-10,13-16,21-24H,11-12,17-20H2,1-6H3. The molecule has 0 amide bonds. The van der Waals surface area contributed by atoms with Gasteiger partial charge in [-0.2, -0.15) is 0 Å². The molecule has 12 heteroatoms. The van der Waals surface area contributed by atoms with Crippen molar-refractivity contribution in [2.45, 2.75) is 38.5 Å². The summed E-state index contributed by atoms with van der Waals surface area (Å²) in [5.41, 5.74) is 5.89. The van der Waals surface area contributed by atoms with Crippen LogP contribution in [0.1, 0.15) is 95.5 Å². The summed E-state index contributed by atoms with van der Waals surface area (Å²) >= 11 is 0. The van der Waals surface area contributed by atoms with E-state index in [1.807, 2.05) is 24.3 Å². The minimum Gasteiger partial charge on any atom is -0.465 e. The van der Waals surface area contributed by atoms with Crippen LogP contribution in [0.4, 0.5) is 0 Å². The highest BCUT2D eigenvalue weighted by atomic mass is 16.5. The first-order valence-corrected chi connectivity index (χ1v) is 17.0. The van der Waals surface area contributed by atoms with E-state index in [-0.39, 0.29) is 22.3 Å². The Morgan fingerprint density at radius 1 is 0.333 bits per heavy atom. The van der Waals surface area contributed by atoms with Gasteiger partial charge in [0.15, 0.2) is 0 Å². The molecule has 0 heterocycles. The van der Waals surface area contributed by atoms with Gasteiger partial charge >= 0.3 is 35.8 Å². The SMILES string of the molecule is COC(=O)c1ccc(CCc2cc(C(=O)OC)c(C(=O)OC)cc2CCc2cc(C(=O)OC)c(C(=O)OC)cc2CCc2ccc(C(=O)OC)cc2)cc1. The maximum atomic E-state index is 12.9. The van der Waals surface area contributed by atoms with Gasteiger partial charge in [0.1, 0.15) is 0 Å². The van der Waals surface area contributed by atoms with Crippen LogP contribution in [0.25, 0.3) is 0 Å². The van der Waals surface area contributed by atoms with E-state index in [4.69, 9.17) is 28.4 Å². The van der Waals surface area contributed by atoms with Crippen LogP contribution in [-0.4, -0.2) is 78.5 Å². The fraction of sp³-hybridized carbons (Fsp3) is 0.286. The van der Waals surface area contributed by atoms with E-state index in [9.17, 15) is 28.8 Å². The van der Waals surface area contributed by atoms with E-state index in [0.29, 0.717) is 49.7 Å². The van der Waals surface area contributed by atoms with Crippen LogP contribution in [-0.2, 0) is 66.9 Å². The van der Waals surface area contributed by atoms with Crippen molar-refractivity contribution in [3.63, 3.8) is 0 Å². The molecule has 0 bridgehead atoms. The number of hydrogen-bond acceptors (Lipinski definition) is 12. The summed E-state index contributed by atoms with van der Waals surface area (Å²) in [6.45, 7) is 0. The molecule has 0 spiro atoms. The number of rotatable bonds is 15. The van der Waals surface area contributed by atoms with Gasteiger partial charge in [0.2, 0.25) is 0 Å². The predicted octanol–water partition coefficient (Wildman–Crippen LogP) is 5.76. The van der Waals surface area contributed by atoms with Crippen LogP contribution in [0.15, 0.2) is 72.8 Å². The molecule has 12 nitrogen and oxygen atoms in total. The van der Waals surface area contributed by atoms with Crippen molar-refractivity contribution in [3.8, 4) is 0 Å². The Bertz CT molecular complexity index is 1880. The highest BCUT2D eigenvalue weighted by Gasteiger charge is 2.24. The fourth-order valence-electron chi connectivity index (χ4n) is 6.10. The lowest BCUT2D eigenvalue weighted by atomic mass is 9.88. The van der Waals surface area contributed by atoms with E-state index in [1.165, 1.54) is 42.7 Å². The zero-order valence-corrected chi connectivity index (χ0v) is 31.1. The van der Waals surface area contributed by atoms with Crippen molar-refractivity contribution in [3.05, 3.63) is 140 Å². The molecular formula is C42H42O12. The average molecular weight is 739 g/mol. The molecule has 282 valence electrons. The lowest BCUT2D eigenvalue weighted by molar-refractivity contribution is 0.0555. The second-order valence-corrected chi connectivity index (χ2v) is 12.2. The second-order valence-electron chi connectivity index (χ2n) is 12.2. The minimum atomic E-state index is -0.712. The van der Waals surface area contributed by atoms with Crippen molar-refractivity contribution < 1.29 is 57.2 Å². The molecule has 0 fully saturated rings. The third-order valence-corrected chi connectivity index (χ3v) is 9.08. The van der Waals surface area contributed by atoms with Crippen molar-refractivity contribution in [2.24, 2.45) is 0 Å². The van der Waals surface area contributed by atoms with Crippen LogP contribution in [0, 0.1) is 0 Å². The average Bonchev–Trinajstić information content (AvgIpc) is 3.22. The molecule has 0 aliphatic heterocycles. The number of ether oxygens (including phenoxy) is 6. The maximum Gasteiger partial charge on any atom is 0.338 e. The molecular weight excluding hydrogens is 696 g/mol. The first-order chi connectivity index (χ1) is 26.0. The second kappa shape index (κ2) is 19.0. The summed E-state index contributed by atoms with van der Waals surface area (Å²) in [7, 11) is 7.53. The molecule has 0 unspecified atom stereocenters. The summed E-state index contributed by atoms with van der Waals surface area (Å²) in [6.07, 6.45) is 2.71. The van der Waals surface area contributed by atoms with E-state index < -0.39 is 35.8 Å². The maximum absolute atomic E-state index is 12.9. The molecule has 4 aromatic carbocycles. The first-order valence-electron chi connectivity index (χ1n) is 17.0. The number of methoxy groups -OCH3 is 6. The number of esters is 6. The number of hydrogen-bond donors (Lipinski definition) is 0. The van der Waals surface area contributed by atoms with Crippen molar-refractivity contribution in [2.75, 3.05) is 42.7 Å². The number of carbonyl (C=O) groups is 6. The largest absolute Gasteiger partial charge is 0.465 e. The van der Waals surface area contributed by atoms with E-state index >= 15 is 0 Å². The van der Waals surface area contributed by atoms with Gasteiger partial charge in [-0.1, -0.05) is 24.3 Å². The molecule has 4 rings (SSSR count). The fourth-order valence-corrected chi connectivity index (χ4v) is 6.10. The van der Waals surface area contributed by atoms with Crippen LogP contribution in [0.2, 0.25) is 0 Å². The molecule has 0 N–H and O–H groups in total. The lowest BCUT2D eigenvalue weighted by Gasteiger charge is -2.18. The predicted molar refractivity (Wildman–Crippen MR) is 196 cm³/mol. The highest BCUT2D eigenvalue weighted by Crippen LogP contribution is 2.27. The van der Waals surface area contributed by atoms with Gasteiger partial charge in [0.05, 0.1) is 76.0 Å². The third kappa shape index (κ3) is 9.77. The number of carbonyl (C=O) groups excluding carboxylic acids is 6. The lowest BCUT2D eigenvalue weighted by Crippen LogP contribution is -2.16. The molecule has 0 aliphatic carbocycles. The van der Waals surface area contributed by atoms with Gasteiger partial charge in [0, 0.05) is 0 Å². The third-order valence-electron chi connectivity index (χ3n) is 9.08. The minimum absolute atomic E-state index is 0.0393. The summed E-state index contributed by atoms with van der Waals surface area (Å²) < 4.78 is 29.6.